The van der Waals surface area contributed by atoms with Crippen LogP contribution in [0.3, 0.4) is 0 Å². The molecule has 2 saturated heterocycles. The summed E-state index contributed by atoms with van der Waals surface area (Å²) >= 11 is 0. The first-order valence-corrected chi connectivity index (χ1v) is 11.1. The van der Waals surface area contributed by atoms with E-state index >= 15 is 0 Å². The van der Waals surface area contributed by atoms with Gasteiger partial charge in [0, 0.05) is 13.0 Å². The van der Waals surface area contributed by atoms with Crippen LogP contribution >= 0.6 is 7.82 Å². The summed E-state index contributed by atoms with van der Waals surface area (Å²) in [5, 5.41) is 70.5. The van der Waals surface area contributed by atoms with E-state index in [2.05, 4.69) is 4.52 Å². The Bertz CT molecular complexity index is 599. The Labute approximate surface area is 177 Å². The lowest BCUT2D eigenvalue weighted by Gasteiger charge is -2.49. The predicted molar refractivity (Wildman–Crippen MR) is 98.2 cm³/mol. The molecule has 31 heavy (non-hydrogen) atoms. The number of aliphatic hydroxyl groups excluding tert-OH is 7. The van der Waals surface area contributed by atoms with Gasteiger partial charge >= 0.3 is 7.82 Å². The van der Waals surface area contributed by atoms with Crippen LogP contribution in [0.25, 0.3) is 0 Å². The molecule has 10 atom stereocenters. The molecule has 0 saturated carbocycles. The van der Waals surface area contributed by atoms with E-state index in [1.54, 1.807) is 0 Å². The van der Waals surface area contributed by atoms with E-state index in [4.69, 9.17) is 24.0 Å². The number of methoxy groups -OCH3 is 1. The van der Waals surface area contributed by atoms with Crippen LogP contribution in [-0.4, -0.2) is 127 Å². The normalized spacial score (nSPS) is 44.4. The van der Waals surface area contributed by atoms with Gasteiger partial charge in [0.25, 0.3) is 0 Å². The molecule has 0 bridgehead atoms. The highest BCUT2D eigenvalue weighted by Crippen LogP contribution is 2.43. The maximum Gasteiger partial charge on any atom is 0.469 e. The highest BCUT2D eigenvalue weighted by atomic mass is 31.2. The second kappa shape index (κ2) is 10.8. The summed E-state index contributed by atoms with van der Waals surface area (Å²) < 4.78 is 31.5. The maximum absolute atomic E-state index is 11.2. The first-order chi connectivity index (χ1) is 14.4. The Balaban J connectivity index is 2.29. The Morgan fingerprint density at radius 3 is 2.06 bits per heavy atom. The third-order valence-electron chi connectivity index (χ3n) is 5.80. The van der Waals surface area contributed by atoms with Crippen LogP contribution < -0.4 is 0 Å². The highest BCUT2D eigenvalue weighted by molar-refractivity contribution is 7.46. The van der Waals surface area contributed by atoms with Crippen molar-refractivity contribution in [3.05, 3.63) is 0 Å². The molecule has 0 aromatic carbocycles. The summed E-state index contributed by atoms with van der Waals surface area (Å²) in [6.45, 7) is -2.32. The molecule has 2 heterocycles. The van der Waals surface area contributed by atoms with Crippen molar-refractivity contribution in [2.45, 2.75) is 67.5 Å². The second-order valence-electron chi connectivity index (χ2n) is 7.74. The number of phosphoric acid groups is 1. The number of ether oxygens (including phenoxy) is 3. The fourth-order valence-electron chi connectivity index (χ4n) is 4.01. The lowest BCUT2D eigenvalue weighted by molar-refractivity contribution is -0.296. The highest BCUT2D eigenvalue weighted by Gasteiger charge is 2.55. The van der Waals surface area contributed by atoms with Crippen molar-refractivity contribution in [2.75, 3.05) is 26.9 Å². The van der Waals surface area contributed by atoms with Crippen molar-refractivity contribution in [1.82, 2.24) is 0 Å². The van der Waals surface area contributed by atoms with Gasteiger partial charge in [-0.25, -0.2) is 4.57 Å². The van der Waals surface area contributed by atoms with Crippen molar-refractivity contribution in [3.8, 4) is 0 Å². The second-order valence-corrected chi connectivity index (χ2v) is 8.98. The Hall–Kier alpha value is -0.290. The molecule has 0 aromatic heterocycles. The van der Waals surface area contributed by atoms with Crippen LogP contribution in [0.15, 0.2) is 0 Å². The van der Waals surface area contributed by atoms with Gasteiger partial charge in [-0.3, -0.25) is 4.52 Å². The van der Waals surface area contributed by atoms with Gasteiger partial charge in [0.05, 0.1) is 25.9 Å². The van der Waals surface area contributed by atoms with E-state index in [0.717, 1.165) is 0 Å². The topological polar surface area (TPSA) is 236 Å². The van der Waals surface area contributed by atoms with Crippen molar-refractivity contribution < 1.29 is 68.8 Å². The Morgan fingerprint density at radius 2 is 1.55 bits per heavy atom. The molecule has 2 rings (SSSR count). The first kappa shape index (κ1) is 27.0. The smallest absolute Gasteiger partial charge is 0.394 e. The van der Waals surface area contributed by atoms with E-state index in [-0.39, 0.29) is 12.8 Å². The molecule has 0 aliphatic carbocycles. The minimum Gasteiger partial charge on any atom is -0.394 e. The van der Waals surface area contributed by atoms with Crippen molar-refractivity contribution in [2.24, 2.45) is 5.92 Å². The van der Waals surface area contributed by atoms with Crippen LogP contribution in [-0.2, 0) is 23.3 Å². The Morgan fingerprint density at radius 1 is 0.935 bits per heavy atom. The van der Waals surface area contributed by atoms with E-state index in [1.807, 2.05) is 0 Å². The molecule has 0 amide bonds. The molecular formula is C16H31O14P. The molecule has 9 N–H and O–H groups in total. The van der Waals surface area contributed by atoms with Crippen molar-refractivity contribution >= 4 is 7.82 Å². The molecule has 0 unspecified atom stereocenters. The zero-order chi connectivity index (χ0) is 23.6. The molecule has 0 radical (unpaired) electrons. The van der Waals surface area contributed by atoms with E-state index in [0.29, 0.717) is 0 Å². The Kier molecular flexibility index (Phi) is 9.36. The van der Waals surface area contributed by atoms with Gasteiger partial charge in [-0.1, -0.05) is 0 Å². The minimum atomic E-state index is -5.04. The van der Waals surface area contributed by atoms with Gasteiger partial charge < -0.3 is 59.7 Å². The standard InChI is InChI=1S/C16H31O14P/c1-27-15-11(20)7(10(19)8(4-17)29-15)2-3-16(6-28-31(24,25)26)14(23)13(22)12(21)9(5-18)30-16/h7-15,17-23H,2-6H2,1H3,(H2,24,25,26)/t7-,8+,9+,10+,11+,12-,13-,14+,15+,16+/m0/s1. The molecule has 14 nitrogen and oxygen atoms in total. The van der Waals surface area contributed by atoms with Crippen LogP contribution in [0.4, 0.5) is 0 Å². The quantitative estimate of drug-likeness (QED) is 0.143. The summed E-state index contributed by atoms with van der Waals surface area (Å²) in [7, 11) is -3.80. The van der Waals surface area contributed by atoms with Gasteiger partial charge in [0.15, 0.2) is 6.29 Å². The summed E-state index contributed by atoms with van der Waals surface area (Å²) in [6.07, 6.45) is -12.4. The third-order valence-corrected chi connectivity index (χ3v) is 6.26. The zero-order valence-electron chi connectivity index (χ0n) is 16.7. The average Bonchev–Trinajstić information content (AvgIpc) is 2.72. The molecule has 0 spiro atoms. The molecule has 0 aromatic rings. The average molecular weight is 478 g/mol. The molecule has 184 valence electrons. The maximum atomic E-state index is 11.2. The summed E-state index contributed by atoms with van der Waals surface area (Å²) in [5.74, 6) is -1.00. The fraction of sp³-hybridized carbons (Fsp3) is 1.00. The summed E-state index contributed by atoms with van der Waals surface area (Å²) in [5.41, 5.74) is -2.03. The monoisotopic (exact) mass is 478 g/mol. The van der Waals surface area contributed by atoms with E-state index in [1.165, 1.54) is 7.11 Å². The van der Waals surface area contributed by atoms with E-state index in [9.17, 15) is 40.3 Å². The molecule has 2 fully saturated rings. The molecule has 2 aliphatic rings. The fourth-order valence-corrected chi connectivity index (χ4v) is 4.39. The lowest BCUT2D eigenvalue weighted by Crippen LogP contribution is -2.67. The summed E-state index contributed by atoms with van der Waals surface area (Å²) in [4.78, 5) is 18.1. The number of hydrogen-bond donors (Lipinski definition) is 9. The van der Waals surface area contributed by atoms with Crippen LogP contribution in [0.2, 0.25) is 0 Å². The first-order valence-electron chi connectivity index (χ1n) is 9.59. The predicted octanol–water partition coefficient (Wildman–Crippen LogP) is -4.21. The van der Waals surface area contributed by atoms with Gasteiger partial charge in [-0.2, -0.15) is 0 Å². The lowest BCUT2D eigenvalue weighted by atomic mass is 9.77. The molecule has 15 heteroatoms. The van der Waals surface area contributed by atoms with Crippen LogP contribution in [0, 0.1) is 5.92 Å². The number of rotatable bonds is 9. The van der Waals surface area contributed by atoms with Crippen molar-refractivity contribution in [1.29, 1.82) is 0 Å². The summed E-state index contributed by atoms with van der Waals surface area (Å²) in [6, 6.07) is 0. The number of phosphoric ester groups is 1. The van der Waals surface area contributed by atoms with Crippen molar-refractivity contribution in [3.63, 3.8) is 0 Å². The van der Waals surface area contributed by atoms with Crippen LogP contribution in [0.1, 0.15) is 12.8 Å². The van der Waals surface area contributed by atoms with Gasteiger partial charge in [-0.15, -0.1) is 0 Å². The minimum absolute atomic E-state index is 0.176. The third kappa shape index (κ3) is 5.99. The number of hydrogen-bond acceptors (Lipinski definition) is 12. The molecular weight excluding hydrogens is 447 g/mol. The molecule has 2 aliphatic heterocycles. The van der Waals surface area contributed by atoms with Gasteiger partial charge in [0.2, 0.25) is 0 Å². The number of aliphatic hydroxyl groups is 7. The van der Waals surface area contributed by atoms with Gasteiger partial charge in [-0.05, 0) is 12.8 Å². The zero-order valence-corrected chi connectivity index (χ0v) is 17.6. The SMILES string of the molecule is CO[C@@H]1O[C@H](CO)[C@H](O)[C@H](CC[C@]2(COP(=O)(O)O)O[C@H](CO)[C@H](O)[C@H](O)[C@H]2O)[C@H]1O. The largest absolute Gasteiger partial charge is 0.469 e. The van der Waals surface area contributed by atoms with Gasteiger partial charge in [0.1, 0.15) is 42.2 Å². The van der Waals surface area contributed by atoms with Crippen LogP contribution in [0.5, 0.6) is 0 Å². The van der Waals surface area contributed by atoms with E-state index < -0.39 is 88.2 Å².